The highest BCUT2D eigenvalue weighted by Crippen LogP contribution is 2.33. The van der Waals surface area contributed by atoms with Crippen LogP contribution in [0.4, 0.5) is 13.2 Å². The van der Waals surface area contributed by atoms with Crippen LogP contribution in [0.15, 0.2) is 48.5 Å². The van der Waals surface area contributed by atoms with Crippen molar-refractivity contribution in [1.29, 1.82) is 0 Å². The molecule has 0 aliphatic heterocycles. The molecule has 0 saturated heterocycles. The summed E-state index contributed by atoms with van der Waals surface area (Å²) >= 11 is 0. The van der Waals surface area contributed by atoms with Crippen molar-refractivity contribution in [3.05, 3.63) is 70.9 Å². The summed E-state index contributed by atoms with van der Waals surface area (Å²) in [7, 11) is 0. The predicted molar refractivity (Wildman–Crippen MR) is 111 cm³/mol. The first-order valence-corrected chi connectivity index (χ1v) is 10.3. The summed E-state index contributed by atoms with van der Waals surface area (Å²) in [5.41, 5.74) is 2.62. The second kappa shape index (κ2) is 8.21. The molecular weight excluding hydrogens is 405 g/mol. The zero-order valence-electron chi connectivity index (χ0n) is 17.1. The molecule has 1 saturated carbocycles. The maximum atomic E-state index is 12.8. The first-order chi connectivity index (χ1) is 14.7. The number of phenolic OH excluding ortho intramolecular Hbond substituents is 1. The summed E-state index contributed by atoms with van der Waals surface area (Å²) in [5, 5.41) is 14.3. The molecule has 0 amide bonds. The fourth-order valence-corrected chi connectivity index (χ4v) is 3.55. The number of carbonyl (C=O) groups is 1. The molecule has 1 heterocycles. The maximum Gasteiger partial charge on any atom is 0.416 e. The second-order valence-corrected chi connectivity index (χ2v) is 8.15. The molecular formula is C24H23F3N2O2. The van der Waals surface area contributed by atoms with E-state index in [1.807, 2.05) is 10.7 Å². The zero-order chi connectivity index (χ0) is 22.2. The van der Waals surface area contributed by atoms with Crippen molar-refractivity contribution in [3.63, 3.8) is 0 Å². The molecule has 3 aromatic rings. The van der Waals surface area contributed by atoms with Gasteiger partial charge in [0.2, 0.25) is 0 Å². The quantitative estimate of drug-likeness (QED) is 0.483. The van der Waals surface area contributed by atoms with Crippen molar-refractivity contribution in [1.82, 2.24) is 9.78 Å². The summed E-state index contributed by atoms with van der Waals surface area (Å²) in [6, 6.07) is 11.6. The van der Waals surface area contributed by atoms with Gasteiger partial charge in [0.15, 0.2) is 5.78 Å². The third-order valence-electron chi connectivity index (χ3n) is 5.63. The molecule has 0 radical (unpaired) electrons. The average Bonchev–Trinajstić information content (AvgIpc) is 3.46. The Bertz CT molecular complexity index is 1100. The van der Waals surface area contributed by atoms with E-state index in [0.29, 0.717) is 34.7 Å². The van der Waals surface area contributed by atoms with E-state index in [1.54, 1.807) is 19.1 Å². The highest BCUT2D eigenvalue weighted by atomic mass is 19.4. The molecule has 1 N–H and O–H groups in total. The van der Waals surface area contributed by atoms with Gasteiger partial charge in [0.25, 0.3) is 0 Å². The highest BCUT2D eigenvalue weighted by molar-refractivity contribution is 5.96. The minimum atomic E-state index is -4.37. The molecule has 4 rings (SSSR count). The van der Waals surface area contributed by atoms with Crippen LogP contribution in [0.1, 0.15) is 46.4 Å². The van der Waals surface area contributed by atoms with Crippen LogP contribution in [0.5, 0.6) is 5.75 Å². The van der Waals surface area contributed by atoms with Gasteiger partial charge in [0, 0.05) is 29.8 Å². The molecule has 1 aromatic heterocycles. The van der Waals surface area contributed by atoms with Crippen LogP contribution in [0, 0.1) is 12.8 Å². The van der Waals surface area contributed by atoms with Gasteiger partial charge in [-0.25, -0.2) is 0 Å². The largest absolute Gasteiger partial charge is 0.508 e. The van der Waals surface area contributed by atoms with Crippen LogP contribution >= 0.6 is 0 Å². The van der Waals surface area contributed by atoms with Crippen molar-refractivity contribution < 1.29 is 23.1 Å². The minimum Gasteiger partial charge on any atom is -0.508 e. The van der Waals surface area contributed by atoms with Gasteiger partial charge in [-0.3, -0.25) is 9.48 Å². The molecule has 2 aromatic carbocycles. The van der Waals surface area contributed by atoms with Crippen LogP contribution in [-0.2, 0) is 19.1 Å². The van der Waals surface area contributed by atoms with Crippen molar-refractivity contribution in [2.45, 2.75) is 45.3 Å². The van der Waals surface area contributed by atoms with Gasteiger partial charge in [-0.1, -0.05) is 12.1 Å². The number of Topliss-reactive ketones (excluding diaryl/α,β-unsaturated/α-hetero) is 1. The number of benzene rings is 2. The lowest BCUT2D eigenvalue weighted by atomic mass is 10.0. The molecule has 0 bridgehead atoms. The van der Waals surface area contributed by atoms with E-state index in [2.05, 4.69) is 5.10 Å². The van der Waals surface area contributed by atoms with E-state index >= 15 is 0 Å². The number of carbonyl (C=O) groups excluding carboxylic acids is 1. The van der Waals surface area contributed by atoms with Crippen LogP contribution in [0.3, 0.4) is 0 Å². The SMILES string of the molecule is Cc1cc(C(=O)CCc2cc(-c3ccc(C(F)(F)F)cc3)nn2CC2CC2)ccc1O. The molecule has 1 aliphatic rings. The topological polar surface area (TPSA) is 55.1 Å². The fourth-order valence-electron chi connectivity index (χ4n) is 3.55. The first kappa shape index (κ1) is 21.2. The molecule has 1 aliphatic carbocycles. The smallest absolute Gasteiger partial charge is 0.416 e. The molecule has 1 fully saturated rings. The third kappa shape index (κ3) is 4.98. The lowest BCUT2D eigenvalue weighted by Crippen LogP contribution is -2.09. The first-order valence-electron chi connectivity index (χ1n) is 10.3. The molecule has 0 unspecified atom stereocenters. The normalized spacial score (nSPS) is 14.1. The molecule has 162 valence electrons. The van der Waals surface area contributed by atoms with Gasteiger partial charge in [0.1, 0.15) is 5.75 Å². The van der Waals surface area contributed by atoms with Crippen LogP contribution in [0.25, 0.3) is 11.3 Å². The van der Waals surface area contributed by atoms with E-state index in [-0.39, 0.29) is 18.0 Å². The van der Waals surface area contributed by atoms with E-state index in [1.165, 1.54) is 18.2 Å². The van der Waals surface area contributed by atoms with Gasteiger partial charge in [-0.05, 0) is 74.1 Å². The number of aromatic hydroxyl groups is 1. The molecule has 0 atom stereocenters. The fraction of sp³-hybridized carbons (Fsp3) is 0.333. The number of ketones is 1. The molecule has 31 heavy (non-hydrogen) atoms. The summed E-state index contributed by atoms with van der Waals surface area (Å²) in [5.74, 6) is 0.688. The average molecular weight is 428 g/mol. The summed E-state index contributed by atoms with van der Waals surface area (Å²) in [6.07, 6.45) is -1.32. The van der Waals surface area contributed by atoms with Crippen LogP contribution in [0.2, 0.25) is 0 Å². The van der Waals surface area contributed by atoms with Crippen molar-refractivity contribution in [2.75, 3.05) is 0 Å². The predicted octanol–water partition coefficient (Wildman–Crippen LogP) is 5.81. The number of alkyl halides is 3. The van der Waals surface area contributed by atoms with Gasteiger partial charge in [-0.15, -0.1) is 0 Å². The Balaban J connectivity index is 1.53. The summed E-state index contributed by atoms with van der Waals surface area (Å²) in [6.45, 7) is 2.50. The Morgan fingerprint density at radius 3 is 2.45 bits per heavy atom. The zero-order valence-corrected chi connectivity index (χ0v) is 17.1. The van der Waals surface area contributed by atoms with Crippen molar-refractivity contribution in [2.24, 2.45) is 5.92 Å². The highest BCUT2D eigenvalue weighted by Gasteiger charge is 2.30. The summed E-state index contributed by atoms with van der Waals surface area (Å²) in [4.78, 5) is 12.6. The van der Waals surface area contributed by atoms with Crippen molar-refractivity contribution >= 4 is 5.78 Å². The van der Waals surface area contributed by atoms with Crippen LogP contribution < -0.4 is 0 Å². The lowest BCUT2D eigenvalue weighted by molar-refractivity contribution is -0.137. The van der Waals surface area contributed by atoms with Crippen molar-refractivity contribution in [3.8, 4) is 17.0 Å². The number of hydrogen-bond acceptors (Lipinski definition) is 3. The van der Waals surface area contributed by atoms with Gasteiger partial charge >= 0.3 is 6.18 Å². The number of aryl methyl sites for hydroxylation is 2. The van der Waals surface area contributed by atoms with Gasteiger partial charge in [-0.2, -0.15) is 18.3 Å². The van der Waals surface area contributed by atoms with Crippen LogP contribution in [-0.4, -0.2) is 20.7 Å². The Kier molecular flexibility index (Phi) is 5.60. The number of phenols is 1. The van der Waals surface area contributed by atoms with Gasteiger partial charge in [0.05, 0.1) is 11.3 Å². The van der Waals surface area contributed by atoms with Gasteiger partial charge < -0.3 is 5.11 Å². The number of hydrogen-bond donors (Lipinski definition) is 1. The Morgan fingerprint density at radius 1 is 1.13 bits per heavy atom. The number of nitrogens with zero attached hydrogens (tertiary/aromatic N) is 2. The Labute approximate surface area is 178 Å². The molecule has 4 nitrogen and oxygen atoms in total. The monoisotopic (exact) mass is 428 g/mol. The molecule has 0 spiro atoms. The number of halogens is 3. The second-order valence-electron chi connectivity index (χ2n) is 8.15. The number of rotatable bonds is 7. The maximum absolute atomic E-state index is 12.8. The number of aromatic nitrogens is 2. The van der Waals surface area contributed by atoms with E-state index < -0.39 is 11.7 Å². The van der Waals surface area contributed by atoms with E-state index in [4.69, 9.17) is 0 Å². The standard InChI is InChI=1S/C24H23F3N2O2/c1-15-12-18(6-10-22(15)30)23(31)11-9-20-13-21(28-29(20)14-16-2-3-16)17-4-7-19(8-5-17)24(25,26)27/h4-8,10,12-13,16,30H,2-3,9,11,14H2,1H3. The van der Waals surface area contributed by atoms with E-state index in [9.17, 15) is 23.1 Å². The molecule has 7 heteroatoms. The van der Waals surface area contributed by atoms with E-state index in [0.717, 1.165) is 37.2 Å². The third-order valence-corrected chi connectivity index (χ3v) is 5.63. The minimum absolute atomic E-state index is 0.0293. The Morgan fingerprint density at radius 2 is 1.84 bits per heavy atom. The lowest BCUT2D eigenvalue weighted by Gasteiger charge is -2.07. The summed E-state index contributed by atoms with van der Waals surface area (Å²) < 4.78 is 40.4. The Hall–Kier alpha value is -3.09.